The third-order valence-electron chi connectivity index (χ3n) is 2.86. The van der Waals surface area contributed by atoms with Gasteiger partial charge in [0.25, 0.3) is 0 Å². The Morgan fingerprint density at radius 3 is 1.89 bits per heavy atom. The Balaban J connectivity index is 3.38. The van der Waals surface area contributed by atoms with Crippen LogP contribution in [0.4, 0.5) is 5.69 Å². The number of methoxy groups -OCH3 is 1. The van der Waals surface area contributed by atoms with Crippen molar-refractivity contribution in [3.8, 4) is 5.75 Å². The van der Waals surface area contributed by atoms with E-state index in [1.54, 1.807) is 7.11 Å². The highest BCUT2D eigenvalue weighted by Gasteiger charge is 2.16. The van der Waals surface area contributed by atoms with Gasteiger partial charge in [0.05, 0.1) is 7.11 Å². The summed E-state index contributed by atoms with van der Waals surface area (Å²) in [5, 5.41) is 3.28. The molecule has 1 rings (SSSR count). The van der Waals surface area contributed by atoms with Crippen molar-refractivity contribution in [1.82, 2.24) is 0 Å². The van der Waals surface area contributed by atoms with Crippen molar-refractivity contribution in [1.29, 1.82) is 0 Å². The van der Waals surface area contributed by atoms with Crippen molar-refractivity contribution in [2.45, 2.75) is 39.5 Å². The summed E-state index contributed by atoms with van der Waals surface area (Å²) in [6, 6.07) is 4.10. The molecule has 0 heterocycles. The predicted molar refractivity (Wildman–Crippen MR) is 81.6 cm³/mol. The van der Waals surface area contributed by atoms with Gasteiger partial charge in [-0.1, -0.05) is 27.7 Å². The third-order valence-corrected chi connectivity index (χ3v) is 2.96. The molecule has 0 fully saturated rings. The molecule has 0 bridgehead atoms. The summed E-state index contributed by atoms with van der Waals surface area (Å²) in [6.07, 6.45) is 0. The van der Waals surface area contributed by atoms with Crippen molar-refractivity contribution in [2.24, 2.45) is 5.73 Å². The van der Waals surface area contributed by atoms with Gasteiger partial charge in [0, 0.05) is 5.69 Å². The van der Waals surface area contributed by atoms with E-state index in [1.807, 2.05) is 0 Å². The summed E-state index contributed by atoms with van der Waals surface area (Å²) in [4.78, 5) is 0. The number of ether oxygens (including phenoxy) is 1. The Labute approximate surface area is 115 Å². The molecule has 0 aliphatic heterocycles. The lowest BCUT2D eigenvalue weighted by molar-refractivity contribution is 0.400. The highest BCUT2D eigenvalue weighted by atomic mass is 32.1. The molecular weight excluding hydrogens is 244 g/mol. The van der Waals surface area contributed by atoms with Crippen LogP contribution in [0.25, 0.3) is 0 Å². The normalized spacial score (nSPS) is 10.8. The van der Waals surface area contributed by atoms with Crippen LogP contribution in [0, 0.1) is 0 Å². The van der Waals surface area contributed by atoms with Gasteiger partial charge in [-0.2, -0.15) is 0 Å². The third kappa shape index (κ3) is 3.35. The fraction of sp³-hybridized carbons (Fsp3) is 0.500. The smallest absolute Gasteiger partial charge is 0.168 e. The first-order valence-corrected chi connectivity index (χ1v) is 6.55. The first-order chi connectivity index (χ1) is 8.36. The lowest BCUT2D eigenvalue weighted by Gasteiger charge is -2.20. The first-order valence-electron chi connectivity index (χ1n) is 6.15. The second kappa shape index (κ2) is 6.05. The molecule has 0 unspecified atom stereocenters. The fourth-order valence-electron chi connectivity index (χ4n) is 1.98. The van der Waals surface area contributed by atoms with Crippen LogP contribution in [0.5, 0.6) is 5.75 Å². The van der Waals surface area contributed by atoms with Crippen molar-refractivity contribution < 1.29 is 4.74 Å². The summed E-state index contributed by atoms with van der Waals surface area (Å²) in [7, 11) is 1.72. The molecule has 0 saturated carbocycles. The van der Waals surface area contributed by atoms with E-state index in [0.29, 0.717) is 11.8 Å². The molecule has 100 valence electrons. The van der Waals surface area contributed by atoms with Crippen LogP contribution in [0.3, 0.4) is 0 Å². The maximum absolute atomic E-state index is 5.57. The number of nitrogens with two attached hydrogens (primary N) is 1. The maximum Gasteiger partial charge on any atom is 0.168 e. The van der Waals surface area contributed by atoms with Crippen LogP contribution in [0.2, 0.25) is 0 Å². The van der Waals surface area contributed by atoms with E-state index in [1.165, 1.54) is 11.1 Å². The fourth-order valence-corrected chi connectivity index (χ4v) is 2.10. The molecule has 0 spiro atoms. The van der Waals surface area contributed by atoms with Crippen molar-refractivity contribution in [3.63, 3.8) is 0 Å². The Kier molecular flexibility index (Phi) is 4.96. The van der Waals surface area contributed by atoms with Crippen LogP contribution >= 0.6 is 12.2 Å². The largest absolute Gasteiger partial charge is 0.496 e. The van der Waals surface area contributed by atoms with E-state index in [0.717, 1.165) is 11.4 Å². The topological polar surface area (TPSA) is 47.3 Å². The average molecular weight is 266 g/mol. The number of anilines is 1. The molecule has 0 radical (unpaired) electrons. The predicted octanol–water partition coefficient (Wildman–Crippen LogP) is 3.60. The Morgan fingerprint density at radius 2 is 1.61 bits per heavy atom. The van der Waals surface area contributed by atoms with Gasteiger partial charge in [-0.05, 0) is 47.3 Å². The van der Waals surface area contributed by atoms with Crippen LogP contribution in [-0.4, -0.2) is 12.2 Å². The monoisotopic (exact) mass is 266 g/mol. The van der Waals surface area contributed by atoms with E-state index in [9.17, 15) is 0 Å². The first kappa shape index (κ1) is 14.8. The molecule has 0 aliphatic rings. The minimum atomic E-state index is 0.282. The van der Waals surface area contributed by atoms with Gasteiger partial charge < -0.3 is 15.8 Å². The van der Waals surface area contributed by atoms with Crippen LogP contribution in [0.1, 0.15) is 50.7 Å². The molecular formula is C14H22N2OS. The number of benzene rings is 1. The molecule has 18 heavy (non-hydrogen) atoms. The second-order valence-corrected chi connectivity index (χ2v) is 5.43. The molecule has 0 saturated heterocycles. The molecule has 0 atom stereocenters. The molecule has 0 aliphatic carbocycles. The van der Waals surface area contributed by atoms with E-state index < -0.39 is 0 Å². The summed E-state index contributed by atoms with van der Waals surface area (Å²) in [5.74, 6) is 1.73. The molecule has 3 N–H and O–H groups in total. The van der Waals surface area contributed by atoms with Crippen molar-refractivity contribution >= 4 is 23.0 Å². The molecule has 0 aromatic heterocycles. The van der Waals surface area contributed by atoms with Gasteiger partial charge in [0.1, 0.15) is 5.75 Å². The van der Waals surface area contributed by atoms with Gasteiger partial charge in [-0.3, -0.25) is 0 Å². The van der Waals surface area contributed by atoms with Crippen LogP contribution in [-0.2, 0) is 0 Å². The standard InChI is InChI=1S/C14H22N2OS/c1-8(2)11-6-10(16-14(15)18)7-12(9(3)4)13(11)17-5/h6-9H,1-5H3,(H3,15,16,18). The van der Waals surface area contributed by atoms with Crippen LogP contribution in [0.15, 0.2) is 12.1 Å². The molecule has 1 aromatic rings. The van der Waals surface area contributed by atoms with Gasteiger partial charge in [0.2, 0.25) is 0 Å². The van der Waals surface area contributed by atoms with Gasteiger partial charge >= 0.3 is 0 Å². The Hall–Kier alpha value is -1.29. The Morgan fingerprint density at radius 1 is 1.17 bits per heavy atom. The number of thiocarbonyl (C=S) groups is 1. The average Bonchev–Trinajstić information content (AvgIpc) is 2.26. The zero-order chi connectivity index (χ0) is 13.9. The van der Waals surface area contributed by atoms with E-state index in [2.05, 4.69) is 45.1 Å². The quantitative estimate of drug-likeness (QED) is 0.818. The minimum absolute atomic E-state index is 0.282. The lowest BCUT2D eigenvalue weighted by atomic mass is 9.93. The highest BCUT2D eigenvalue weighted by Crippen LogP contribution is 2.37. The van der Waals surface area contributed by atoms with E-state index in [4.69, 9.17) is 22.7 Å². The Bertz CT molecular complexity index is 412. The van der Waals surface area contributed by atoms with E-state index >= 15 is 0 Å². The zero-order valence-electron chi connectivity index (χ0n) is 11.7. The van der Waals surface area contributed by atoms with Gasteiger partial charge in [-0.25, -0.2) is 0 Å². The number of rotatable bonds is 4. The summed E-state index contributed by atoms with van der Waals surface area (Å²) in [5.41, 5.74) is 8.80. The summed E-state index contributed by atoms with van der Waals surface area (Å²) >= 11 is 4.89. The van der Waals surface area contributed by atoms with E-state index in [-0.39, 0.29) is 5.11 Å². The second-order valence-electron chi connectivity index (χ2n) is 4.99. The van der Waals surface area contributed by atoms with Crippen molar-refractivity contribution in [2.75, 3.05) is 12.4 Å². The SMILES string of the molecule is COc1c(C(C)C)cc(NC(N)=S)cc1C(C)C. The molecule has 1 aromatic carbocycles. The number of hydrogen-bond donors (Lipinski definition) is 2. The highest BCUT2D eigenvalue weighted by molar-refractivity contribution is 7.80. The number of hydrogen-bond acceptors (Lipinski definition) is 2. The minimum Gasteiger partial charge on any atom is -0.496 e. The molecule has 4 heteroatoms. The number of nitrogens with one attached hydrogen (secondary N) is 1. The molecule has 0 amide bonds. The van der Waals surface area contributed by atoms with Crippen LogP contribution < -0.4 is 15.8 Å². The van der Waals surface area contributed by atoms with Gasteiger partial charge in [0.15, 0.2) is 5.11 Å². The zero-order valence-corrected chi connectivity index (χ0v) is 12.5. The lowest BCUT2D eigenvalue weighted by Crippen LogP contribution is -2.19. The van der Waals surface area contributed by atoms with Crippen molar-refractivity contribution in [3.05, 3.63) is 23.3 Å². The summed E-state index contributed by atoms with van der Waals surface area (Å²) < 4.78 is 5.57. The van der Waals surface area contributed by atoms with Gasteiger partial charge in [-0.15, -0.1) is 0 Å². The maximum atomic E-state index is 5.57. The molecule has 3 nitrogen and oxygen atoms in total. The summed E-state index contributed by atoms with van der Waals surface area (Å²) in [6.45, 7) is 8.58.